The molecule has 0 saturated carbocycles. The lowest BCUT2D eigenvalue weighted by Gasteiger charge is -2.07. The van der Waals surface area contributed by atoms with E-state index in [4.69, 9.17) is 5.11 Å². The molecule has 1 heterocycles. The average Bonchev–Trinajstić information content (AvgIpc) is 2.69. The average molecular weight is 227 g/mol. The Balaban J connectivity index is 2.03. The van der Waals surface area contributed by atoms with E-state index in [-0.39, 0.29) is 18.6 Å². The van der Waals surface area contributed by atoms with Crippen molar-refractivity contribution in [2.24, 2.45) is 0 Å². The number of carbonyl (C=O) groups excluding carboxylic acids is 1. The van der Waals surface area contributed by atoms with Gasteiger partial charge in [-0.2, -0.15) is 5.10 Å². The Labute approximate surface area is 93.9 Å². The van der Waals surface area contributed by atoms with Crippen molar-refractivity contribution in [1.29, 1.82) is 0 Å². The van der Waals surface area contributed by atoms with Crippen LogP contribution in [0.2, 0.25) is 0 Å². The quantitative estimate of drug-likeness (QED) is 0.486. The van der Waals surface area contributed by atoms with Crippen LogP contribution >= 0.6 is 0 Å². The van der Waals surface area contributed by atoms with Crippen LogP contribution in [0.25, 0.3) is 0 Å². The van der Waals surface area contributed by atoms with Crippen molar-refractivity contribution in [2.75, 3.05) is 19.6 Å². The van der Waals surface area contributed by atoms with Gasteiger partial charge in [0.2, 0.25) is 5.91 Å². The first-order valence-corrected chi connectivity index (χ1v) is 5.16. The van der Waals surface area contributed by atoms with Gasteiger partial charge >= 0.3 is 0 Å². The van der Waals surface area contributed by atoms with Crippen LogP contribution in [0.3, 0.4) is 0 Å². The first-order valence-electron chi connectivity index (χ1n) is 5.16. The molecule has 1 amide bonds. The Morgan fingerprint density at radius 1 is 1.56 bits per heavy atom. The van der Waals surface area contributed by atoms with E-state index in [0.29, 0.717) is 19.6 Å². The summed E-state index contributed by atoms with van der Waals surface area (Å²) in [5, 5.41) is 18.5. The highest BCUT2D eigenvalue weighted by Gasteiger charge is 2.01. The third kappa shape index (κ3) is 5.42. The van der Waals surface area contributed by atoms with Crippen LogP contribution in [-0.4, -0.2) is 51.5 Å². The van der Waals surface area contributed by atoms with Gasteiger partial charge in [0.1, 0.15) is 19.2 Å². The Hall–Kier alpha value is -1.47. The summed E-state index contributed by atoms with van der Waals surface area (Å²) in [6.45, 7) is 3.57. The number of carbonyl (C=O) groups is 1. The number of aromatic nitrogens is 3. The minimum atomic E-state index is -0.370. The summed E-state index contributed by atoms with van der Waals surface area (Å²) in [6, 6.07) is 0. The maximum absolute atomic E-state index is 11.3. The van der Waals surface area contributed by atoms with E-state index in [9.17, 15) is 4.79 Å². The van der Waals surface area contributed by atoms with Crippen molar-refractivity contribution in [3.63, 3.8) is 0 Å². The van der Waals surface area contributed by atoms with Gasteiger partial charge in [-0.3, -0.25) is 4.79 Å². The molecule has 3 N–H and O–H groups in total. The molecule has 0 bridgehead atoms. The molecule has 7 nitrogen and oxygen atoms in total. The summed E-state index contributed by atoms with van der Waals surface area (Å²) in [7, 11) is 0. The predicted molar refractivity (Wildman–Crippen MR) is 57.6 cm³/mol. The Morgan fingerprint density at radius 3 is 3.00 bits per heavy atom. The lowest BCUT2D eigenvalue weighted by atomic mass is 10.4. The third-order valence-electron chi connectivity index (χ3n) is 1.84. The molecule has 7 heteroatoms. The van der Waals surface area contributed by atoms with E-state index in [0.717, 1.165) is 0 Å². The van der Waals surface area contributed by atoms with Crippen LogP contribution in [0.4, 0.5) is 0 Å². The van der Waals surface area contributed by atoms with E-state index in [2.05, 4.69) is 20.7 Å². The molecular formula is C9H17N5O2. The van der Waals surface area contributed by atoms with Crippen LogP contribution in [0, 0.1) is 0 Å². The van der Waals surface area contributed by atoms with E-state index >= 15 is 0 Å². The third-order valence-corrected chi connectivity index (χ3v) is 1.84. The van der Waals surface area contributed by atoms with Crippen molar-refractivity contribution in [3.8, 4) is 0 Å². The molecule has 0 aliphatic carbocycles. The number of nitrogens with zero attached hydrogens (tertiary/aromatic N) is 3. The highest BCUT2D eigenvalue weighted by atomic mass is 16.3. The number of aliphatic hydroxyl groups excluding tert-OH is 1. The van der Waals surface area contributed by atoms with Gasteiger partial charge in [0.25, 0.3) is 0 Å². The molecule has 16 heavy (non-hydrogen) atoms. The zero-order chi connectivity index (χ0) is 11.8. The van der Waals surface area contributed by atoms with Crippen LogP contribution in [-0.2, 0) is 11.3 Å². The van der Waals surface area contributed by atoms with Gasteiger partial charge in [0.05, 0.1) is 6.10 Å². The van der Waals surface area contributed by atoms with Gasteiger partial charge in [-0.05, 0) is 6.92 Å². The van der Waals surface area contributed by atoms with Crippen molar-refractivity contribution < 1.29 is 9.90 Å². The normalized spacial score (nSPS) is 12.4. The number of hydrogen-bond acceptors (Lipinski definition) is 5. The summed E-state index contributed by atoms with van der Waals surface area (Å²) in [5.41, 5.74) is 0. The van der Waals surface area contributed by atoms with Gasteiger partial charge in [-0.1, -0.05) is 0 Å². The van der Waals surface area contributed by atoms with Crippen molar-refractivity contribution in [2.45, 2.75) is 19.6 Å². The van der Waals surface area contributed by atoms with Crippen LogP contribution < -0.4 is 10.6 Å². The van der Waals surface area contributed by atoms with Crippen LogP contribution in [0.5, 0.6) is 0 Å². The minimum Gasteiger partial charge on any atom is -0.392 e. The van der Waals surface area contributed by atoms with Crippen LogP contribution in [0.15, 0.2) is 12.7 Å². The van der Waals surface area contributed by atoms with E-state index in [1.807, 2.05) is 0 Å². The molecule has 0 aliphatic rings. The first kappa shape index (κ1) is 12.6. The van der Waals surface area contributed by atoms with E-state index < -0.39 is 0 Å². The Kier molecular flexibility index (Phi) is 5.44. The molecule has 1 atom stereocenters. The SMILES string of the molecule is CC(O)CNCCNC(=O)Cn1cncn1. The summed E-state index contributed by atoms with van der Waals surface area (Å²) < 4.78 is 1.46. The van der Waals surface area contributed by atoms with Gasteiger partial charge < -0.3 is 15.7 Å². The molecule has 0 spiro atoms. The molecular weight excluding hydrogens is 210 g/mol. The monoisotopic (exact) mass is 227 g/mol. The first-order chi connectivity index (χ1) is 7.68. The molecule has 1 aromatic rings. The predicted octanol–water partition coefficient (Wildman–Crippen LogP) is -1.64. The summed E-state index contributed by atoms with van der Waals surface area (Å²) in [6.07, 6.45) is 2.51. The molecule has 0 radical (unpaired) electrons. The standard InChI is InChI=1S/C9H17N5O2/c1-8(15)4-10-2-3-12-9(16)5-14-7-11-6-13-14/h6-8,10,15H,2-5H2,1H3,(H,12,16). The fraction of sp³-hybridized carbons (Fsp3) is 0.667. The maximum atomic E-state index is 11.3. The number of nitrogens with one attached hydrogen (secondary N) is 2. The summed E-state index contributed by atoms with van der Waals surface area (Å²) >= 11 is 0. The fourth-order valence-corrected chi connectivity index (χ4v) is 1.12. The lowest BCUT2D eigenvalue weighted by molar-refractivity contribution is -0.121. The van der Waals surface area contributed by atoms with Crippen molar-refractivity contribution >= 4 is 5.91 Å². The zero-order valence-corrected chi connectivity index (χ0v) is 9.26. The van der Waals surface area contributed by atoms with E-state index in [1.54, 1.807) is 6.92 Å². The molecule has 0 saturated heterocycles. The number of aliphatic hydroxyl groups is 1. The second-order valence-corrected chi connectivity index (χ2v) is 3.50. The molecule has 0 aromatic carbocycles. The smallest absolute Gasteiger partial charge is 0.241 e. The fourth-order valence-electron chi connectivity index (χ4n) is 1.12. The topological polar surface area (TPSA) is 92.1 Å². The molecule has 1 aromatic heterocycles. The largest absolute Gasteiger partial charge is 0.392 e. The number of amides is 1. The van der Waals surface area contributed by atoms with Crippen LogP contribution in [0.1, 0.15) is 6.92 Å². The second-order valence-electron chi connectivity index (χ2n) is 3.50. The molecule has 0 fully saturated rings. The number of rotatable bonds is 7. The van der Waals surface area contributed by atoms with Gasteiger partial charge in [-0.15, -0.1) is 0 Å². The van der Waals surface area contributed by atoms with E-state index in [1.165, 1.54) is 17.3 Å². The van der Waals surface area contributed by atoms with Crippen molar-refractivity contribution in [3.05, 3.63) is 12.7 Å². The second kappa shape index (κ2) is 6.91. The molecule has 1 rings (SSSR count). The Morgan fingerprint density at radius 2 is 2.38 bits per heavy atom. The molecule has 1 unspecified atom stereocenters. The highest BCUT2D eigenvalue weighted by Crippen LogP contribution is 1.79. The van der Waals surface area contributed by atoms with Crippen molar-refractivity contribution in [1.82, 2.24) is 25.4 Å². The van der Waals surface area contributed by atoms with Gasteiger partial charge in [0, 0.05) is 19.6 Å². The zero-order valence-electron chi connectivity index (χ0n) is 9.26. The maximum Gasteiger partial charge on any atom is 0.241 e. The summed E-state index contributed by atoms with van der Waals surface area (Å²) in [4.78, 5) is 15.1. The minimum absolute atomic E-state index is 0.107. The Bertz CT molecular complexity index is 299. The molecule has 0 aliphatic heterocycles. The van der Waals surface area contributed by atoms with Gasteiger partial charge in [0.15, 0.2) is 0 Å². The number of hydrogen-bond donors (Lipinski definition) is 3. The highest BCUT2D eigenvalue weighted by molar-refractivity contribution is 5.75. The lowest BCUT2D eigenvalue weighted by Crippen LogP contribution is -2.36. The molecule has 90 valence electrons. The summed E-state index contributed by atoms with van der Waals surface area (Å²) in [5.74, 6) is -0.107. The van der Waals surface area contributed by atoms with Gasteiger partial charge in [-0.25, -0.2) is 9.67 Å².